The van der Waals surface area contributed by atoms with Gasteiger partial charge >= 0.3 is 0 Å². The van der Waals surface area contributed by atoms with Crippen molar-refractivity contribution in [2.45, 2.75) is 25.7 Å². The van der Waals surface area contributed by atoms with Crippen molar-refractivity contribution < 1.29 is 9.21 Å². The van der Waals surface area contributed by atoms with Crippen LogP contribution in [0.1, 0.15) is 40.1 Å². The Kier molecular flexibility index (Phi) is 3.78. The third kappa shape index (κ3) is 2.48. The first kappa shape index (κ1) is 15.6. The summed E-state index contributed by atoms with van der Waals surface area (Å²) in [7, 11) is 0. The summed E-state index contributed by atoms with van der Waals surface area (Å²) >= 11 is 11.9. The molecule has 4 rings (SSSR count). The van der Waals surface area contributed by atoms with Crippen molar-refractivity contribution >= 4 is 45.6 Å². The molecule has 0 saturated heterocycles. The molecule has 0 atom stereocenters. The van der Waals surface area contributed by atoms with E-state index >= 15 is 0 Å². The van der Waals surface area contributed by atoms with Crippen LogP contribution in [0.4, 0.5) is 5.69 Å². The van der Waals surface area contributed by atoms with Crippen molar-refractivity contribution in [1.29, 1.82) is 0 Å². The number of aryl methyl sites for hydroxylation is 2. The largest absolute Gasteiger partial charge is 0.450 e. The topological polar surface area (TPSA) is 56.2 Å². The number of fused-ring (bicyclic) bond motifs is 2. The Balaban J connectivity index is 1.82. The van der Waals surface area contributed by atoms with Gasteiger partial charge in [-0.05, 0) is 67.1 Å². The van der Waals surface area contributed by atoms with Crippen LogP contribution in [0, 0.1) is 0 Å². The molecular formula is C19H15Cl2NO2. The number of benzene rings is 2. The fraction of sp³-hybridized carbons (Fsp3) is 0.211. The number of nitrogen functional groups attached to an aromatic ring is 1. The number of rotatable bonds is 2. The Hall–Kier alpha value is -1.97. The van der Waals surface area contributed by atoms with E-state index in [1.807, 2.05) is 6.07 Å². The molecule has 0 spiro atoms. The Morgan fingerprint density at radius 1 is 1.00 bits per heavy atom. The molecule has 2 N–H and O–H groups in total. The standard InChI is InChI=1S/C19H15Cl2NO2/c20-14-6-5-12(8-15(14)21)18(23)19-17(22)13-7-10-3-1-2-4-11(10)9-16(13)24-19/h5-9H,1-4,22H2. The number of carbonyl (C=O) groups excluding carboxylic acids is 1. The Morgan fingerprint density at radius 3 is 2.42 bits per heavy atom. The summed E-state index contributed by atoms with van der Waals surface area (Å²) in [4.78, 5) is 12.7. The number of nitrogens with two attached hydrogens (primary N) is 1. The first-order chi connectivity index (χ1) is 11.5. The summed E-state index contributed by atoms with van der Waals surface area (Å²) in [6.45, 7) is 0. The van der Waals surface area contributed by atoms with E-state index in [9.17, 15) is 4.79 Å². The van der Waals surface area contributed by atoms with E-state index in [2.05, 4.69) is 6.07 Å². The van der Waals surface area contributed by atoms with Gasteiger partial charge in [0.05, 0.1) is 15.7 Å². The van der Waals surface area contributed by atoms with Crippen LogP contribution in [0.5, 0.6) is 0 Å². The molecule has 1 aliphatic carbocycles. The van der Waals surface area contributed by atoms with Crippen molar-refractivity contribution in [2.75, 3.05) is 5.73 Å². The molecule has 0 radical (unpaired) electrons. The van der Waals surface area contributed by atoms with E-state index in [4.69, 9.17) is 33.4 Å². The van der Waals surface area contributed by atoms with Crippen molar-refractivity contribution in [3.05, 3.63) is 62.8 Å². The van der Waals surface area contributed by atoms with E-state index in [0.717, 1.165) is 18.2 Å². The number of hydrogen-bond acceptors (Lipinski definition) is 3. The van der Waals surface area contributed by atoms with Crippen LogP contribution in [0.2, 0.25) is 10.0 Å². The molecule has 0 saturated carbocycles. The minimum absolute atomic E-state index is 0.158. The van der Waals surface area contributed by atoms with Crippen LogP contribution in [0.3, 0.4) is 0 Å². The van der Waals surface area contributed by atoms with Gasteiger partial charge in [0, 0.05) is 10.9 Å². The predicted molar refractivity (Wildman–Crippen MR) is 97.2 cm³/mol. The van der Waals surface area contributed by atoms with Gasteiger partial charge in [-0.1, -0.05) is 23.2 Å². The molecule has 24 heavy (non-hydrogen) atoms. The SMILES string of the molecule is Nc1c(C(=O)c2ccc(Cl)c(Cl)c2)oc2cc3c(cc12)CCCC3. The Morgan fingerprint density at radius 2 is 1.71 bits per heavy atom. The van der Waals surface area contributed by atoms with Crippen molar-refractivity contribution in [2.24, 2.45) is 0 Å². The van der Waals surface area contributed by atoms with E-state index in [-0.39, 0.29) is 11.5 Å². The highest BCUT2D eigenvalue weighted by atomic mass is 35.5. The lowest BCUT2D eigenvalue weighted by Gasteiger charge is -2.14. The van der Waals surface area contributed by atoms with Crippen LogP contribution in [0.15, 0.2) is 34.7 Å². The van der Waals surface area contributed by atoms with Gasteiger partial charge in [-0.25, -0.2) is 0 Å². The average Bonchev–Trinajstić information content (AvgIpc) is 2.91. The van der Waals surface area contributed by atoms with E-state index < -0.39 is 0 Å². The van der Waals surface area contributed by atoms with Crippen LogP contribution in [-0.2, 0) is 12.8 Å². The van der Waals surface area contributed by atoms with Crippen molar-refractivity contribution in [1.82, 2.24) is 0 Å². The van der Waals surface area contributed by atoms with Gasteiger partial charge in [-0.15, -0.1) is 0 Å². The third-order valence-electron chi connectivity index (χ3n) is 4.58. The average molecular weight is 360 g/mol. The molecule has 0 bridgehead atoms. The number of ketones is 1. The first-order valence-electron chi connectivity index (χ1n) is 7.88. The maximum atomic E-state index is 12.7. The zero-order valence-electron chi connectivity index (χ0n) is 12.9. The van der Waals surface area contributed by atoms with Gasteiger partial charge in [0.15, 0.2) is 5.76 Å². The Bertz CT molecular complexity index is 975. The zero-order valence-corrected chi connectivity index (χ0v) is 14.4. The monoisotopic (exact) mass is 359 g/mol. The molecule has 2 aromatic carbocycles. The smallest absolute Gasteiger partial charge is 0.230 e. The number of hydrogen-bond donors (Lipinski definition) is 1. The van der Waals surface area contributed by atoms with Gasteiger partial charge in [-0.2, -0.15) is 0 Å². The van der Waals surface area contributed by atoms with Gasteiger partial charge < -0.3 is 10.2 Å². The van der Waals surface area contributed by atoms with Gasteiger partial charge in [0.1, 0.15) is 5.58 Å². The highest BCUT2D eigenvalue weighted by Crippen LogP contribution is 2.35. The number of anilines is 1. The molecule has 0 fully saturated rings. The van der Waals surface area contributed by atoms with Crippen LogP contribution in [0.25, 0.3) is 11.0 Å². The van der Waals surface area contributed by atoms with E-state index in [1.54, 1.807) is 12.1 Å². The van der Waals surface area contributed by atoms with E-state index in [1.165, 1.54) is 30.0 Å². The second-order valence-corrected chi connectivity index (χ2v) is 6.94. The van der Waals surface area contributed by atoms with Gasteiger partial charge in [-0.3, -0.25) is 4.79 Å². The molecule has 1 heterocycles. The molecule has 0 amide bonds. The molecule has 0 aliphatic heterocycles. The van der Waals surface area contributed by atoms with Crippen LogP contribution < -0.4 is 5.73 Å². The first-order valence-corrected chi connectivity index (χ1v) is 8.63. The summed E-state index contributed by atoms with van der Waals surface area (Å²) < 4.78 is 5.80. The zero-order chi connectivity index (χ0) is 16.8. The maximum Gasteiger partial charge on any atom is 0.230 e. The molecule has 122 valence electrons. The highest BCUT2D eigenvalue weighted by molar-refractivity contribution is 6.42. The van der Waals surface area contributed by atoms with Gasteiger partial charge in [0.2, 0.25) is 5.78 Å². The number of furan rings is 1. The molecule has 3 nitrogen and oxygen atoms in total. The molecular weight excluding hydrogens is 345 g/mol. The second-order valence-electron chi connectivity index (χ2n) is 6.13. The van der Waals surface area contributed by atoms with Gasteiger partial charge in [0.25, 0.3) is 0 Å². The molecule has 3 aromatic rings. The minimum Gasteiger partial charge on any atom is -0.450 e. The maximum absolute atomic E-state index is 12.7. The number of carbonyl (C=O) groups is 1. The minimum atomic E-state index is -0.291. The summed E-state index contributed by atoms with van der Waals surface area (Å²) in [5, 5.41) is 1.53. The third-order valence-corrected chi connectivity index (χ3v) is 5.32. The van der Waals surface area contributed by atoms with E-state index in [0.29, 0.717) is 26.9 Å². The molecule has 1 aromatic heterocycles. The lowest BCUT2D eigenvalue weighted by Crippen LogP contribution is -2.03. The highest BCUT2D eigenvalue weighted by Gasteiger charge is 2.22. The fourth-order valence-corrected chi connectivity index (χ4v) is 3.58. The quantitative estimate of drug-likeness (QED) is 0.620. The summed E-state index contributed by atoms with van der Waals surface area (Å²) in [6, 6.07) is 8.83. The predicted octanol–water partition coefficient (Wildman–Crippen LogP) is 5.43. The van der Waals surface area contributed by atoms with Crippen molar-refractivity contribution in [3.8, 4) is 0 Å². The summed E-state index contributed by atoms with van der Waals surface area (Å²) in [5.41, 5.74) is 10.2. The normalized spacial score (nSPS) is 13.9. The van der Waals surface area contributed by atoms with Crippen molar-refractivity contribution in [3.63, 3.8) is 0 Å². The Labute approximate surface area is 149 Å². The number of halogens is 2. The second kappa shape index (κ2) is 5.83. The van der Waals surface area contributed by atoms with Crippen LogP contribution in [-0.4, -0.2) is 5.78 Å². The molecule has 0 unspecified atom stereocenters. The molecule has 1 aliphatic rings. The lowest BCUT2D eigenvalue weighted by atomic mass is 9.90. The lowest BCUT2D eigenvalue weighted by molar-refractivity contribution is 0.101. The summed E-state index contributed by atoms with van der Waals surface area (Å²) in [5.74, 6) is -0.133. The fourth-order valence-electron chi connectivity index (χ4n) is 3.28. The summed E-state index contributed by atoms with van der Waals surface area (Å²) in [6.07, 6.45) is 4.46. The van der Waals surface area contributed by atoms with Crippen LogP contribution >= 0.6 is 23.2 Å². The molecule has 5 heteroatoms.